The van der Waals surface area contributed by atoms with Gasteiger partial charge in [-0.1, -0.05) is 23.3 Å². The van der Waals surface area contributed by atoms with E-state index in [-0.39, 0.29) is 17.4 Å². The van der Waals surface area contributed by atoms with Gasteiger partial charge in [0.1, 0.15) is 10.3 Å². The highest BCUT2D eigenvalue weighted by Crippen LogP contribution is 2.29. The third-order valence-corrected chi connectivity index (χ3v) is 7.16. The third-order valence-electron chi connectivity index (χ3n) is 4.06. The number of aromatic nitrogens is 1. The van der Waals surface area contributed by atoms with Crippen molar-refractivity contribution in [3.8, 4) is 0 Å². The molecule has 13 heteroatoms. The molecular weight excluding hydrogens is 466 g/mol. The highest BCUT2D eigenvalue weighted by molar-refractivity contribution is 8.76. The molecule has 1 aromatic heterocycles. The molecule has 0 saturated carbocycles. The third kappa shape index (κ3) is 8.97. The maximum Gasteiger partial charge on any atom is 0.333 e. The Kier molecular flexibility index (Phi) is 11.0. The molecular formula is C18H22N3O7S3-. The lowest BCUT2D eigenvalue weighted by molar-refractivity contribution is -0.197. The maximum atomic E-state index is 11.8. The Labute approximate surface area is 189 Å². The lowest BCUT2D eigenvalue weighted by Crippen LogP contribution is -2.35. The Morgan fingerprint density at radius 2 is 2.06 bits per heavy atom. The van der Waals surface area contributed by atoms with E-state index < -0.39 is 40.5 Å². The molecule has 1 fully saturated rings. The van der Waals surface area contributed by atoms with Crippen LogP contribution in [0.5, 0.6) is 0 Å². The zero-order valence-corrected chi connectivity index (χ0v) is 19.0. The zero-order chi connectivity index (χ0) is 22.6. The molecule has 170 valence electrons. The summed E-state index contributed by atoms with van der Waals surface area (Å²) in [6.45, 7) is 0.478. The number of unbranched alkanes of at least 4 members (excludes halogenated alkanes) is 2. The minimum Gasteiger partial charge on any atom is -0.772 e. The van der Waals surface area contributed by atoms with Crippen molar-refractivity contribution in [2.45, 2.75) is 48.8 Å². The number of hydrogen-bond donors (Lipinski definition) is 1. The highest BCUT2D eigenvalue weighted by Gasteiger charge is 2.42. The van der Waals surface area contributed by atoms with Crippen LogP contribution in [0.2, 0.25) is 0 Å². The van der Waals surface area contributed by atoms with E-state index in [4.69, 9.17) is 4.84 Å². The predicted molar refractivity (Wildman–Crippen MR) is 114 cm³/mol. The van der Waals surface area contributed by atoms with Gasteiger partial charge in [0.25, 0.3) is 11.8 Å². The molecule has 1 aliphatic rings. The summed E-state index contributed by atoms with van der Waals surface area (Å²) in [5, 5.41) is 2.43. The van der Waals surface area contributed by atoms with Crippen molar-refractivity contribution in [3.63, 3.8) is 0 Å². The Morgan fingerprint density at radius 1 is 1.26 bits per heavy atom. The predicted octanol–water partition coefficient (Wildman–Crippen LogP) is 1.35. The number of hydrogen-bond acceptors (Lipinski definition) is 10. The first-order chi connectivity index (χ1) is 14.9. The fraction of sp³-hybridized carbons (Fsp3) is 0.500. The lowest BCUT2D eigenvalue weighted by Gasteiger charge is -2.14. The normalized spacial score (nSPS) is 16.9. The van der Waals surface area contributed by atoms with Crippen LogP contribution in [0, 0.1) is 0 Å². The van der Waals surface area contributed by atoms with Gasteiger partial charge in [0, 0.05) is 31.3 Å². The standard InChI is InChI=1S/C18H23N3O7S3/c22-14(8-11-29-30-15-6-3-5-10-20-15)19-9-4-1-2-7-17(24)28-21-16(23)12-13(18(21)25)31(26)27/h3,5-6,10,13H,1-2,4,7-9,11-12H2,(H,19,22)(H,26,27)/p-1. The van der Waals surface area contributed by atoms with E-state index in [2.05, 4.69) is 10.3 Å². The van der Waals surface area contributed by atoms with Crippen molar-refractivity contribution in [1.29, 1.82) is 0 Å². The summed E-state index contributed by atoms with van der Waals surface area (Å²) < 4.78 is 21.7. The largest absolute Gasteiger partial charge is 0.772 e. The van der Waals surface area contributed by atoms with Crippen molar-refractivity contribution in [1.82, 2.24) is 15.4 Å². The highest BCUT2D eigenvalue weighted by atomic mass is 33.1. The van der Waals surface area contributed by atoms with Gasteiger partial charge in [-0.05, 0) is 46.8 Å². The molecule has 1 aromatic rings. The molecule has 1 saturated heterocycles. The molecule has 0 spiro atoms. The number of carbonyl (C=O) groups excluding carboxylic acids is 4. The number of imide groups is 1. The van der Waals surface area contributed by atoms with Crippen LogP contribution in [0.4, 0.5) is 0 Å². The molecule has 1 aliphatic heterocycles. The molecule has 0 aliphatic carbocycles. The summed E-state index contributed by atoms with van der Waals surface area (Å²) in [6, 6.07) is 5.65. The van der Waals surface area contributed by atoms with Crippen molar-refractivity contribution in [3.05, 3.63) is 24.4 Å². The van der Waals surface area contributed by atoms with Crippen LogP contribution >= 0.6 is 21.6 Å². The summed E-state index contributed by atoms with van der Waals surface area (Å²) in [7, 11) is 3.07. The van der Waals surface area contributed by atoms with Crippen LogP contribution < -0.4 is 5.32 Å². The molecule has 2 rings (SSSR count). The number of pyridine rings is 1. The molecule has 2 atom stereocenters. The van der Waals surface area contributed by atoms with E-state index in [1.165, 1.54) is 10.8 Å². The fourth-order valence-corrected chi connectivity index (χ4v) is 4.90. The number of rotatable bonds is 13. The molecule has 10 nitrogen and oxygen atoms in total. The quantitative estimate of drug-likeness (QED) is 0.187. The fourth-order valence-electron chi connectivity index (χ4n) is 2.50. The van der Waals surface area contributed by atoms with Gasteiger partial charge >= 0.3 is 5.97 Å². The molecule has 0 radical (unpaired) electrons. The van der Waals surface area contributed by atoms with Gasteiger partial charge in [0.05, 0.1) is 6.42 Å². The second-order valence-corrected chi connectivity index (χ2v) is 9.95. The van der Waals surface area contributed by atoms with Crippen LogP contribution in [0.1, 0.15) is 38.5 Å². The van der Waals surface area contributed by atoms with Gasteiger partial charge in [-0.15, -0.1) is 5.06 Å². The van der Waals surface area contributed by atoms with Crippen molar-refractivity contribution in [2.24, 2.45) is 0 Å². The van der Waals surface area contributed by atoms with Crippen LogP contribution in [-0.2, 0) is 35.1 Å². The Balaban J connectivity index is 1.49. The van der Waals surface area contributed by atoms with E-state index in [9.17, 15) is 27.9 Å². The van der Waals surface area contributed by atoms with Crippen molar-refractivity contribution >= 4 is 56.4 Å². The van der Waals surface area contributed by atoms with Gasteiger partial charge in [0.2, 0.25) is 5.91 Å². The summed E-state index contributed by atoms with van der Waals surface area (Å²) in [5.41, 5.74) is 0. The molecule has 2 unspecified atom stereocenters. The average Bonchev–Trinajstić information content (AvgIpc) is 3.03. The van der Waals surface area contributed by atoms with Gasteiger partial charge in [-0.25, -0.2) is 9.78 Å². The van der Waals surface area contributed by atoms with Crippen LogP contribution in [-0.4, -0.2) is 60.0 Å². The number of nitrogens with one attached hydrogen (secondary N) is 1. The lowest BCUT2D eigenvalue weighted by atomic mass is 10.2. The molecule has 1 N–H and O–H groups in total. The van der Waals surface area contributed by atoms with E-state index in [0.717, 1.165) is 5.03 Å². The first-order valence-corrected chi connectivity index (χ1v) is 13.0. The van der Waals surface area contributed by atoms with Crippen LogP contribution in [0.3, 0.4) is 0 Å². The van der Waals surface area contributed by atoms with Gasteiger partial charge in [-0.3, -0.25) is 18.6 Å². The summed E-state index contributed by atoms with van der Waals surface area (Å²) in [4.78, 5) is 55.7. The van der Waals surface area contributed by atoms with E-state index in [1.54, 1.807) is 17.0 Å². The maximum absolute atomic E-state index is 11.8. The minimum absolute atomic E-state index is 0.0302. The SMILES string of the molecule is O=C(CCSSc1ccccn1)NCCCCCC(=O)ON1C(=O)CC(S(=O)[O-])C1=O. The smallest absolute Gasteiger partial charge is 0.333 e. The molecule has 31 heavy (non-hydrogen) atoms. The summed E-state index contributed by atoms with van der Waals surface area (Å²) in [6.07, 6.45) is 3.29. The number of hydroxylamine groups is 2. The number of amides is 3. The first-order valence-electron chi connectivity index (χ1n) is 9.51. The monoisotopic (exact) mass is 488 g/mol. The zero-order valence-electron chi connectivity index (χ0n) is 16.5. The average molecular weight is 489 g/mol. The van der Waals surface area contributed by atoms with E-state index in [0.29, 0.717) is 38.0 Å². The number of nitrogens with zero attached hydrogens (tertiary/aromatic N) is 2. The first kappa shape index (κ1) is 25.3. The molecule has 2 heterocycles. The number of carbonyl (C=O) groups is 4. The minimum atomic E-state index is -2.75. The van der Waals surface area contributed by atoms with Crippen LogP contribution in [0.25, 0.3) is 0 Å². The second-order valence-electron chi connectivity index (χ2n) is 6.43. The molecule has 3 amide bonds. The van der Waals surface area contributed by atoms with Gasteiger partial charge in [-0.2, -0.15) is 0 Å². The Hall–Kier alpha value is -1.96. The van der Waals surface area contributed by atoms with E-state index >= 15 is 0 Å². The van der Waals surface area contributed by atoms with Gasteiger partial charge < -0.3 is 14.7 Å². The molecule has 0 aromatic carbocycles. The molecule has 0 bridgehead atoms. The van der Waals surface area contributed by atoms with Gasteiger partial charge in [0.15, 0.2) is 0 Å². The van der Waals surface area contributed by atoms with E-state index in [1.807, 2.05) is 18.2 Å². The topological polar surface area (TPSA) is 146 Å². The Bertz CT molecular complexity index is 810. The Morgan fingerprint density at radius 3 is 2.74 bits per heavy atom. The summed E-state index contributed by atoms with van der Waals surface area (Å²) >= 11 is -2.75. The van der Waals surface area contributed by atoms with Crippen molar-refractivity contribution in [2.75, 3.05) is 12.3 Å². The summed E-state index contributed by atoms with van der Waals surface area (Å²) in [5.74, 6) is -2.08. The van der Waals surface area contributed by atoms with Crippen molar-refractivity contribution < 1.29 is 32.8 Å². The second kappa shape index (κ2) is 13.5. The van der Waals surface area contributed by atoms with Crippen LogP contribution in [0.15, 0.2) is 29.4 Å².